The fourth-order valence-electron chi connectivity index (χ4n) is 5.01. The number of hydrogen-bond acceptors (Lipinski definition) is 3. The van der Waals surface area contributed by atoms with Gasteiger partial charge in [-0.05, 0) is 51.5 Å². The van der Waals surface area contributed by atoms with E-state index >= 15 is 0 Å². The summed E-state index contributed by atoms with van der Waals surface area (Å²) >= 11 is 0. The fraction of sp³-hybridized carbons (Fsp3) is 1.00. The van der Waals surface area contributed by atoms with Crippen LogP contribution in [0, 0.1) is 5.41 Å². The number of piperazine rings is 1. The van der Waals surface area contributed by atoms with E-state index in [9.17, 15) is 5.11 Å². The lowest BCUT2D eigenvalue weighted by Crippen LogP contribution is -2.60. The van der Waals surface area contributed by atoms with Crippen molar-refractivity contribution in [3.05, 3.63) is 0 Å². The molecule has 0 radical (unpaired) electrons. The van der Waals surface area contributed by atoms with E-state index in [2.05, 4.69) is 23.8 Å². The molecule has 110 valence electrons. The molecule has 1 heterocycles. The van der Waals surface area contributed by atoms with Crippen LogP contribution in [0.15, 0.2) is 0 Å². The van der Waals surface area contributed by atoms with Crippen LogP contribution < -0.4 is 0 Å². The van der Waals surface area contributed by atoms with Crippen molar-refractivity contribution in [1.29, 1.82) is 0 Å². The van der Waals surface area contributed by atoms with Gasteiger partial charge in [0.1, 0.15) is 0 Å². The highest BCUT2D eigenvalue weighted by atomic mass is 16.3. The predicted octanol–water partition coefficient (Wildman–Crippen LogP) is 2.10. The summed E-state index contributed by atoms with van der Waals surface area (Å²) in [5.41, 5.74) is 0.545. The van der Waals surface area contributed by atoms with Crippen LogP contribution in [0.1, 0.15) is 51.9 Å². The van der Waals surface area contributed by atoms with Crippen molar-refractivity contribution >= 4 is 0 Å². The molecule has 1 N–H and O–H groups in total. The van der Waals surface area contributed by atoms with Crippen LogP contribution in [-0.4, -0.2) is 59.8 Å². The van der Waals surface area contributed by atoms with Crippen molar-refractivity contribution in [2.24, 2.45) is 5.41 Å². The Morgan fingerprint density at radius 3 is 2.53 bits per heavy atom. The van der Waals surface area contributed by atoms with Gasteiger partial charge in [0, 0.05) is 31.7 Å². The molecule has 0 amide bonds. The van der Waals surface area contributed by atoms with Gasteiger partial charge in [-0.1, -0.05) is 12.8 Å². The third-order valence-corrected chi connectivity index (χ3v) is 6.06. The van der Waals surface area contributed by atoms with Crippen molar-refractivity contribution in [2.45, 2.75) is 70.1 Å². The molecule has 0 aromatic carbocycles. The zero-order valence-electron chi connectivity index (χ0n) is 12.6. The highest BCUT2D eigenvalue weighted by molar-refractivity contribution is 5.02. The number of rotatable bonds is 1. The highest BCUT2D eigenvalue weighted by Crippen LogP contribution is 2.51. The molecule has 1 saturated heterocycles. The second-order valence-corrected chi connectivity index (χ2v) is 7.36. The van der Waals surface area contributed by atoms with Crippen LogP contribution in [0.2, 0.25) is 0 Å². The molecule has 3 unspecified atom stereocenters. The van der Waals surface area contributed by atoms with Gasteiger partial charge >= 0.3 is 0 Å². The monoisotopic (exact) mass is 266 g/mol. The van der Waals surface area contributed by atoms with Crippen molar-refractivity contribution in [3.8, 4) is 0 Å². The predicted molar refractivity (Wildman–Crippen MR) is 78.2 cm³/mol. The third kappa shape index (κ3) is 2.57. The Balaban J connectivity index is 1.78. The van der Waals surface area contributed by atoms with Crippen LogP contribution in [0.5, 0.6) is 0 Å². The van der Waals surface area contributed by atoms with Crippen LogP contribution in [-0.2, 0) is 0 Å². The lowest BCUT2D eigenvalue weighted by Gasteiger charge is -2.53. The Labute approximate surface area is 118 Å². The normalized spacial score (nSPS) is 40.9. The average molecular weight is 266 g/mol. The van der Waals surface area contributed by atoms with E-state index in [0.717, 1.165) is 12.8 Å². The van der Waals surface area contributed by atoms with E-state index in [1.165, 1.54) is 51.7 Å². The SMILES string of the molecule is CC1CN(C)CCN1C1CC(O)CCC12CCCC2. The van der Waals surface area contributed by atoms with Gasteiger partial charge in [0.15, 0.2) is 0 Å². The Morgan fingerprint density at radius 1 is 1.11 bits per heavy atom. The number of aliphatic hydroxyl groups is 1. The molecular weight excluding hydrogens is 236 g/mol. The molecule has 2 aliphatic carbocycles. The maximum Gasteiger partial charge on any atom is 0.0555 e. The smallest absolute Gasteiger partial charge is 0.0555 e. The standard InChI is InChI=1S/C16H30N2O/c1-13-12-17(2)9-10-18(13)15-11-14(19)5-8-16(15)6-3-4-7-16/h13-15,19H,3-12H2,1-2H3. The summed E-state index contributed by atoms with van der Waals surface area (Å²) in [6, 6.07) is 1.29. The maximum atomic E-state index is 10.2. The van der Waals surface area contributed by atoms with Crippen molar-refractivity contribution < 1.29 is 5.11 Å². The third-order valence-electron chi connectivity index (χ3n) is 6.06. The van der Waals surface area contributed by atoms with Crippen LogP contribution >= 0.6 is 0 Å². The zero-order valence-corrected chi connectivity index (χ0v) is 12.6. The number of nitrogens with zero attached hydrogens (tertiary/aromatic N) is 2. The highest BCUT2D eigenvalue weighted by Gasteiger charge is 2.48. The summed E-state index contributed by atoms with van der Waals surface area (Å²) in [5, 5.41) is 10.2. The second kappa shape index (κ2) is 5.34. The molecule has 3 aliphatic rings. The van der Waals surface area contributed by atoms with E-state index in [1.54, 1.807) is 0 Å². The number of aliphatic hydroxyl groups excluding tert-OH is 1. The van der Waals surface area contributed by atoms with Gasteiger partial charge in [0.2, 0.25) is 0 Å². The molecule has 1 spiro atoms. The van der Waals surface area contributed by atoms with E-state index < -0.39 is 0 Å². The number of hydrogen-bond donors (Lipinski definition) is 1. The first-order valence-corrected chi connectivity index (χ1v) is 8.23. The average Bonchev–Trinajstić information content (AvgIpc) is 2.83. The van der Waals surface area contributed by atoms with Crippen LogP contribution in [0.3, 0.4) is 0 Å². The fourth-order valence-corrected chi connectivity index (χ4v) is 5.01. The molecule has 3 fully saturated rings. The molecule has 1 aliphatic heterocycles. The zero-order chi connectivity index (χ0) is 13.5. The summed E-state index contributed by atoms with van der Waals surface area (Å²) in [5.74, 6) is 0. The first-order valence-electron chi connectivity index (χ1n) is 8.23. The van der Waals surface area contributed by atoms with E-state index in [4.69, 9.17) is 0 Å². The van der Waals surface area contributed by atoms with Crippen LogP contribution in [0.4, 0.5) is 0 Å². The lowest BCUT2D eigenvalue weighted by atomic mass is 9.67. The minimum atomic E-state index is -0.0527. The van der Waals surface area contributed by atoms with Gasteiger partial charge in [-0.25, -0.2) is 0 Å². The largest absolute Gasteiger partial charge is 0.393 e. The molecule has 2 saturated carbocycles. The van der Waals surface area contributed by atoms with E-state index in [-0.39, 0.29) is 6.10 Å². The Kier molecular flexibility index (Phi) is 3.89. The van der Waals surface area contributed by atoms with Crippen molar-refractivity contribution in [3.63, 3.8) is 0 Å². The van der Waals surface area contributed by atoms with Gasteiger partial charge in [-0.15, -0.1) is 0 Å². The summed E-state index contributed by atoms with van der Waals surface area (Å²) in [4.78, 5) is 5.19. The molecule has 0 aromatic rings. The first kappa shape index (κ1) is 13.8. The molecule has 3 atom stereocenters. The summed E-state index contributed by atoms with van der Waals surface area (Å²) < 4.78 is 0. The van der Waals surface area contributed by atoms with Crippen LogP contribution in [0.25, 0.3) is 0 Å². The maximum absolute atomic E-state index is 10.2. The molecule has 3 heteroatoms. The Hall–Kier alpha value is -0.120. The Bertz CT molecular complexity index is 314. The van der Waals surface area contributed by atoms with Gasteiger partial charge in [0.25, 0.3) is 0 Å². The summed E-state index contributed by atoms with van der Waals surface area (Å²) in [6.07, 6.45) is 8.91. The van der Waals surface area contributed by atoms with Gasteiger partial charge < -0.3 is 10.0 Å². The minimum absolute atomic E-state index is 0.0527. The second-order valence-electron chi connectivity index (χ2n) is 7.36. The van der Waals surface area contributed by atoms with Crippen molar-refractivity contribution in [2.75, 3.05) is 26.7 Å². The molecule has 0 bridgehead atoms. The van der Waals surface area contributed by atoms with Gasteiger partial charge in [0.05, 0.1) is 6.10 Å². The van der Waals surface area contributed by atoms with Crippen molar-refractivity contribution in [1.82, 2.24) is 9.80 Å². The quantitative estimate of drug-likeness (QED) is 0.787. The minimum Gasteiger partial charge on any atom is -0.393 e. The summed E-state index contributed by atoms with van der Waals surface area (Å²) in [7, 11) is 2.23. The molecular formula is C16H30N2O. The molecule has 3 rings (SSSR count). The molecule has 3 nitrogen and oxygen atoms in total. The molecule has 0 aromatic heterocycles. The molecule has 19 heavy (non-hydrogen) atoms. The topological polar surface area (TPSA) is 26.7 Å². The number of likely N-dealkylation sites (N-methyl/N-ethyl adjacent to an activating group) is 1. The van der Waals surface area contributed by atoms with E-state index in [1.807, 2.05) is 0 Å². The van der Waals surface area contributed by atoms with Gasteiger partial charge in [-0.2, -0.15) is 0 Å². The Morgan fingerprint density at radius 2 is 1.84 bits per heavy atom. The first-order chi connectivity index (χ1) is 9.11. The summed E-state index contributed by atoms with van der Waals surface area (Å²) in [6.45, 7) is 5.94. The van der Waals surface area contributed by atoms with E-state index in [0.29, 0.717) is 17.5 Å². The van der Waals surface area contributed by atoms with Gasteiger partial charge in [-0.3, -0.25) is 4.90 Å². The lowest BCUT2D eigenvalue weighted by molar-refractivity contribution is -0.0592.